The number of aromatic nitrogens is 2. The maximum absolute atomic E-state index is 11.7. The molecule has 0 aliphatic carbocycles. The average Bonchev–Trinajstić information content (AvgIpc) is 2.43. The van der Waals surface area contributed by atoms with Gasteiger partial charge in [-0.25, -0.2) is 0 Å². The summed E-state index contributed by atoms with van der Waals surface area (Å²) < 4.78 is 1.67. The van der Waals surface area contributed by atoms with E-state index in [1.165, 1.54) is 6.20 Å². The second kappa shape index (κ2) is 2.92. The third-order valence-electron chi connectivity index (χ3n) is 2.46. The van der Waals surface area contributed by atoms with Crippen molar-refractivity contribution in [3.05, 3.63) is 59.1 Å². The molecule has 0 radical (unpaired) electrons. The maximum Gasteiger partial charge on any atom is 0.274 e. The molecule has 15 heavy (non-hydrogen) atoms. The molecular weight excluding hydrogens is 188 g/mol. The average molecular weight is 196 g/mol. The highest BCUT2D eigenvalue weighted by atomic mass is 16.1. The predicted octanol–water partition coefficient (Wildman–Crippen LogP) is 1.85. The predicted molar refractivity (Wildman–Crippen MR) is 59.0 cm³/mol. The van der Waals surface area contributed by atoms with E-state index in [4.69, 9.17) is 0 Å². The van der Waals surface area contributed by atoms with Crippen LogP contribution in [0.5, 0.6) is 0 Å². The quantitative estimate of drug-likeness (QED) is 0.550. The van der Waals surface area contributed by atoms with Gasteiger partial charge in [0.05, 0.1) is 23.4 Å². The van der Waals surface area contributed by atoms with Crippen LogP contribution in [-0.4, -0.2) is 9.38 Å². The molecule has 3 aromatic rings. The number of hydrogen-bond acceptors (Lipinski definition) is 2. The number of fused-ring (bicyclic) bond motifs is 3. The molecule has 0 unspecified atom stereocenters. The molecule has 72 valence electrons. The van der Waals surface area contributed by atoms with Crippen molar-refractivity contribution >= 4 is 16.4 Å². The van der Waals surface area contributed by atoms with Gasteiger partial charge in [-0.05, 0) is 12.1 Å². The van der Waals surface area contributed by atoms with Gasteiger partial charge in [0.1, 0.15) is 0 Å². The van der Waals surface area contributed by atoms with E-state index in [1.807, 2.05) is 36.4 Å². The van der Waals surface area contributed by atoms with Crippen molar-refractivity contribution in [2.75, 3.05) is 0 Å². The van der Waals surface area contributed by atoms with Gasteiger partial charge in [-0.2, -0.15) is 0 Å². The Morgan fingerprint density at radius 1 is 1.07 bits per heavy atom. The first kappa shape index (κ1) is 8.17. The Kier molecular flexibility index (Phi) is 1.59. The molecule has 2 aromatic heterocycles. The number of nitrogens with zero attached hydrogens (tertiary/aromatic N) is 2. The van der Waals surface area contributed by atoms with E-state index in [0.717, 1.165) is 16.4 Å². The van der Waals surface area contributed by atoms with E-state index >= 15 is 0 Å². The molecule has 0 saturated heterocycles. The van der Waals surface area contributed by atoms with Crippen LogP contribution < -0.4 is 5.56 Å². The van der Waals surface area contributed by atoms with Gasteiger partial charge in [-0.3, -0.25) is 14.2 Å². The molecule has 0 atom stereocenters. The third-order valence-corrected chi connectivity index (χ3v) is 2.46. The van der Waals surface area contributed by atoms with Crippen LogP contribution >= 0.6 is 0 Å². The summed E-state index contributed by atoms with van der Waals surface area (Å²) in [6.07, 6.45) is 3.03. The molecule has 3 nitrogen and oxygen atoms in total. The Morgan fingerprint density at radius 3 is 2.87 bits per heavy atom. The molecule has 0 amide bonds. The molecule has 3 heteroatoms. The highest BCUT2D eigenvalue weighted by Crippen LogP contribution is 2.15. The second-order valence-electron chi connectivity index (χ2n) is 3.40. The zero-order valence-electron chi connectivity index (χ0n) is 7.92. The lowest BCUT2D eigenvalue weighted by Gasteiger charge is -1.91. The van der Waals surface area contributed by atoms with E-state index in [9.17, 15) is 4.79 Å². The Hall–Kier alpha value is -2.16. The van der Waals surface area contributed by atoms with Gasteiger partial charge in [0, 0.05) is 5.39 Å². The second-order valence-corrected chi connectivity index (χ2v) is 3.40. The van der Waals surface area contributed by atoms with Gasteiger partial charge in [0.2, 0.25) is 0 Å². The molecular formula is C12H8N2O. The first-order valence-electron chi connectivity index (χ1n) is 4.71. The van der Waals surface area contributed by atoms with Crippen LogP contribution in [0.4, 0.5) is 0 Å². The molecule has 0 bridgehead atoms. The minimum absolute atomic E-state index is 0.0892. The first-order valence-corrected chi connectivity index (χ1v) is 4.71. The summed E-state index contributed by atoms with van der Waals surface area (Å²) in [4.78, 5) is 15.5. The Balaban J connectivity index is 2.70. The van der Waals surface area contributed by atoms with E-state index in [1.54, 1.807) is 10.6 Å². The third kappa shape index (κ3) is 1.13. The molecule has 0 spiro atoms. The normalized spacial score (nSPS) is 10.9. The van der Waals surface area contributed by atoms with E-state index < -0.39 is 0 Å². The summed E-state index contributed by atoms with van der Waals surface area (Å²) >= 11 is 0. The van der Waals surface area contributed by atoms with Gasteiger partial charge in [-0.1, -0.05) is 24.3 Å². The van der Waals surface area contributed by atoms with Crippen molar-refractivity contribution < 1.29 is 0 Å². The van der Waals surface area contributed by atoms with Gasteiger partial charge >= 0.3 is 0 Å². The monoisotopic (exact) mass is 196 g/mol. The number of hydrogen-bond donors (Lipinski definition) is 0. The smallest absolute Gasteiger partial charge is 0.274 e. The molecule has 0 aliphatic heterocycles. The molecule has 3 rings (SSSR count). The highest BCUT2D eigenvalue weighted by Gasteiger charge is 2.02. The van der Waals surface area contributed by atoms with Gasteiger partial charge in [-0.15, -0.1) is 0 Å². The van der Waals surface area contributed by atoms with E-state index in [2.05, 4.69) is 4.98 Å². The van der Waals surface area contributed by atoms with Crippen LogP contribution in [0.15, 0.2) is 53.6 Å². The van der Waals surface area contributed by atoms with Gasteiger partial charge in [0.25, 0.3) is 5.56 Å². The van der Waals surface area contributed by atoms with Crippen LogP contribution in [0.3, 0.4) is 0 Å². The fourth-order valence-corrected chi connectivity index (χ4v) is 1.82. The van der Waals surface area contributed by atoms with Gasteiger partial charge in [0.15, 0.2) is 0 Å². The molecule has 2 heterocycles. The van der Waals surface area contributed by atoms with E-state index in [-0.39, 0.29) is 5.56 Å². The Labute approximate surface area is 85.6 Å². The topological polar surface area (TPSA) is 34.4 Å². The summed E-state index contributed by atoms with van der Waals surface area (Å²) in [6.45, 7) is 0. The first-order chi connectivity index (χ1) is 7.36. The molecule has 0 fully saturated rings. The summed E-state index contributed by atoms with van der Waals surface area (Å²) in [5.41, 5.74) is 1.67. The fraction of sp³-hybridized carbons (Fsp3) is 0. The van der Waals surface area contributed by atoms with Crippen LogP contribution in [-0.2, 0) is 0 Å². The van der Waals surface area contributed by atoms with Crippen molar-refractivity contribution in [2.45, 2.75) is 0 Å². The summed E-state index contributed by atoms with van der Waals surface area (Å²) in [5, 5.41) is 1.05. The van der Waals surface area contributed by atoms with Crippen molar-refractivity contribution in [1.82, 2.24) is 9.38 Å². The van der Waals surface area contributed by atoms with Crippen molar-refractivity contribution in [3.63, 3.8) is 0 Å². The molecule has 0 N–H and O–H groups in total. The van der Waals surface area contributed by atoms with Crippen LogP contribution in [0.25, 0.3) is 16.4 Å². The summed E-state index contributed by atoms with van der Waals surface area (Å²) in [5.74, 6) is 0. The largest absolute Gasteiger partial charge is 0.274 e. The van der Waals surface area contributed by atoms with Crippen molar-refractivity contribution in [2.24, 2.45) is 0 Å². The lowest BCUT2D eigenvalue weighted by Crippen LogP contribution is -2.10. The van der Waals surface area contributed by atoms with Crippen molar-refractivity contribution in [1.29, 1.82) is 0 Å². The molecule has 0 aliphatic rings. The minimum Gasteiger partial charge on any atom is -0.274 e. The maximum atomic E-state index is 11.7. The zero-order valence-corrected chi connectivity index (χ0v) is 7.92. The van der Waals surface area contributed by atoms with Crippen LogP contribution in [0, 0.1) is 0 Å². The fourth-order valence-electron chi connectivity index (χ4n) is 1.82. The van der Waals surface area contributed by atoms with Crippen LogP contribution in [0.2, 0.25) is 0 Å². The number of rotatable bonds is 0. The minimum atomic E-state index is -0.0892. The Morgan fingerprint density at radius 2 is 1.93 bits per heavy atom. The SMILES string of the molecule is O=c1cncc2cc3cccccc3n12. The summed E-state index contributed by atoms with van der Waals surface area (Å²) in [7, 11) is 0. The molecule has 1 aromatic carbocycles. The molecule has 0 saturated carbocycles. The zero-order chi connectivity index (χ0) is 10.3. The Bertz CT molecular complexity index is 700. The van der Waals surface area contributed by atoms with Crippen LogP contribution in [0.1, 0.15) is 0 Å². The van der Waals surface area contributed by atoms with E-state index in [0.29, 0.717) is 0 Å². The lowest BCUT2D eigenvalue weighted by atomic mass is 10.3. The summed E-state index contributed by atoms with van der Waals surface area (Å²) in [6, 6.07) is 11.7. The lowest BCUT2D eigenvalue weighted by molar-refractivity contribution is 1.11. The van der Waals surface area contributed by atoms with Crippen molar-refractivity contribution in [3.8, 4) is 0 Å². The van der Waals surface area contributed by atoms with Gasteiger partial charge < -0.3 is 0 Å². The highest BCUT2D eigenvalue weighted by molar-refractivity contribution is 5.86. The standard InChI is InChI=1S/C12H8N2O/c15-12-8-13-7-10-6-9-4-2-1-3-5-11(9)14(10)12/h1-8H.